The maximum atomic E-state index is 12.8. The van der Waals surface area contributed by atoms with Gasteiger partial charge in [0, 0.05) is 37.6 Å². The first-order valence-electron chi connectivity index (χ1n) is 8.04. The van der Waals surface area contributed by atoms with Crippen LogP contribution >= 0.6 is 0 Å². The average molecular weight is 329 g/mol. The quantitative estimate of drug-likeness (QED) is 0.777. The Morgan fingerprint density at radius 3 is 2.33 bits per heavy atom. The van der Waals surface area contributed by atoms with Gasteiger partial charge in [0.2, 0.25) is 11.8 Å². The maximum absolute atomic E-state index is 12.8. The molecule has 128 valence electrons. The molecule has 0 unspecified atom stereocenters. The first-order chi connectivity index (χ1) is 11.7. The van der Waals surface area contributed by atoms with Crippen LogP contribution in [0.25, 0.3) is 0 Å². The normalized spacial score (nSPS) is 10.3. The molecule has 24 heavy (non-hydrogen) atoms. The lowest BCUT2D eigenvalue weighted by Gasteiger charge is -2.24. The van der Waals surface area contributed by atoms with Crippen LogP contribution in [-0.4, -0.2) is 47.6 Å². The van der Waals surface area contributed by atoms with Crippen LogP contribution in [-0.2, 0) is 0 Å². The van der Waals surface area contributed by atoms with Crippen LogP contribution in [0.1, 0.15) is 31.1 Å². The van der Waals surface area contributed by atoms with Crippen molar-refractivity contribution in [2.24, 2.45) is 0 Å². The molecule has 2 heterocycles. The van der Waals surface area contributed by atoms with Gasteiger partial charge in [-0.15, -0.1) is 0 Å². The number of ether oxygens (including phenoxy) is 1. The second-order valence-corrected chi connectivity index (χ2v) is 5.02. The third-order valence-electron chi connectivity index (χ3n) is 3.74. The molecule has 7 heteroatoms. The van der Waals surface area contributed by atoms with Crippen LogP contribution in [0.4, 0.5) is 11.6 Å². The van der Waals surface area contributed by atoms with Crippen molar-refractivity contribution >= 4 is 17.5 Å². The summed E-state index contributed by atoms with van der Waals surface area (Å²) < 4.78 is 5.41. The second-order valence-electron chi connectivity index (χ2n) is 5.02. The lowest BCUT2D eigenvalue weighted by atomic mass is 10.2. The molecule has 0 fully saturated rings. The SMILES string of the molecule is CCN(CC)c1ncc(N(CC)C(=O)c2ccncc2)c(OC)n1. The molecule has 0 atom stereocenters. The zero-order valence-corrected chi connectivity index (χ0v) is 14.6. The minimum absolute atomic E-state index is 0.141. The fourth-order valence-electron chi connectivity index (χ4n) is 2.42. The molecule has 0 radical (unpaired) electrons. The predicted molar refractivity (Wildman–Crippen MR) is 93.7 cm³/mol. The van der Waals surface area contributed by atoms with Crippen molar-refractivity contribution in [3.05, 3.63) is 36.3 Å². The van der Waals surface area contributed by atoms with Gasteiger partial charge in [-0.1, -0.05) is 0 Å². The maximum Gasteiger partial charge on any atom is 0.258 e. The lowest BCUT2D eigenvalue weighted by Crippen LogP contribution is -2.32. The Labute approximate surface area is 142 Å². The Hall–Kier alpha value is -2.70. The fourth-order valence-corrected chi connectivity index (χ4v) is 2.42. The summed E-state index contributed by atoms with van der Waals surface area (Å²) >= 11 is 0. The summed E-state index contributed by atoms with van der Waals surface area (Å²) in [5, 5.41) is 0. The van der Waals surface area contributed by atoms with Crippen LogP contribution in [0.5, 0.6) is 5.88 Å². The minimum Gasteiger partial charge on any atom is -0.479 e. The van der Waals surface area contributed by atoms with E-state index < -0.39 is 0 Å². The molecule has 7 nitrogen and oxygen atoms in total. The summed E-state index contributed by atoms with van der Waals surface area (Å²) in [4.78, 5) is 29.2. The third kappa shape index (κ3) is 3.61. The number of carbonyl (C=O) groups excluding carboxylic acids is 1. The Morgan fingerprint density at radius 1 is 1.12 bits per heavy atom. The van der Waals surface area contributed by atoms with Gasteiger partial charge in [-0.05, 0) is 32.9 Å². The number of pyridine rings is 1. The zero-order valence-electron chi connectivity index (χ0n) is 14.6. The average Bonchev–Trinajstić information content (AvgIpc) is 2.64. The summed E-state index contributed by atoms with van der Waals surface area (Å²) in [6.45, 7) is 8.05. The molecule has 2 aromatic heterocycles. The van der Waals surface area contributed by atoms with Crippen LogP contribution in [0.2, 0.25) is 0 Å². The summed E-state index contributed by atoms with van der Waals surface area (Å²) in [7, 11) is 1.54. The molecule has 0 bridgehead atoms. The van der Waals surface area contributed by atoms with E-state index >= 15 is 0 Å². The Kier molecular flexibility index (Phi) is 6.06. The van der Waals surface area contributed by atoms with Crippen molar-refractivity contribution in [2.45, 2.75) is 20.8 Å². The topological polar surface area (TPSA) is 71.5 Å². The summed E-state index contributed by atoms with van der Waals surface area (Å²) in [6, 6.07) is 3.37. The highest BCUT2D eigenvalue weighted by atomic mass is 16.5. The molecule has 0 aliphatic rings. The zero-order chi connectivity index (χ0) is 17.5. The standard InChI is InChI=1S/C17H23N5O2/c1-5-21(6-2)17-19-12-14(15(20-17)24-4)22(7-3)16(23)13-8-10-18-11-9-13/h8-12H,5-7H2,1-4H3. The van der Waals surface area contributed by atoms with E-state index in [4.69, 9.17) is 4.74 Å². The van der Waals surface area contributed by atoms with E-state index in [9.17, 15) is 4.79 Å². The molecule has 0 N–H and O–H groups in total. The smallest absolute Gasteiger partial charge is 0.258 e. The van der Waals surface area contributed by atoms with E-state index in [-0.39, 0.29) is 5.91 Å². The van der Waals surface area contributed by atoms with Crippen molar-refractivity contribution in [1.82, 2.24) is 15.0 Å². The van der Waals surface area contributed by atoms with Crippen LogP contribution in [0, 0.1) is 0 Å². The number of amides is 1. The molecule has 0 aliphatic carbocycles. The van der Waals surface area contributed by atoms with Gasteiger partial charge in [0.25, 0.3) is 5.91 Å². The highest BCUT2D eigenvalue weighted by molar-refractivity contribution is 6.06. The Morgan fingerprint density at radius 2 is 1.79 bits per heavy atom. The fraction of sp³-hybridized carbons (Fsp3) is 0.412. The number of hydrogen-bond donors (Lipinski definition) is 0. The highest BCUT2D eigenvalue weighted by Crippen LogP contribution is 2.28. The van der Waals surface area contributed by atoms with Crippen LogP contribution in [0.15, 0.2) is 30.7 Å². The molecule has 1 amide bonds. The van der Waals surface area contributed by atoms with Crippen LogP contribution < -0.4 is 14.5 Å². The van der Waals surface area contributed by atoms with Crippen molar-refractivity contribution in [3.8, 4) is 5.88 Å². The number of hydrogen-bond acceptors (Lipinski definition) is 6. The van der Waals surface area contributed by atoms with E-state index in [0.717, 1.165) is 13.1 Å². The second kappa shape index (κ2) is 8.24. The van der Waals surface area contributed by atoms with E-state index in [1.54, 1.807) is 42.7 Å². The summed E-state index contributed by atoms with van der Waals surface area (Å²) in [5.41, 5.74) is 1.11. The Bertz CT molecular complexity index is 674. The molecular formula is C17H23N5O2. The van der Waals surface area contributed by atoms with E-state index in [2.05, 4.69) is 15.0 Å². The summed E-state index contributed by atoms with van der Waals surface area (Å²) in [6.07, 6.45) is 4.83. The minimum atomic E-state index is -0.141. The number of anilines is 2. The lowest BCUT2D eigenvalue weighted by molar-refractivity contribution is 0.0987. The van der Waals surface area contributed by atoms with Gasteiger partial charge >= 0.3 is 0 Å². The monoisotopic (exact) mass is 329 g/mol. The van der Waals surface area contributed by atoms with Gasteiger partial charge in [-0.2, -0.15) is 4.98 Å². The molecule has 2 aromatic rings. The molecule has 0 saturated heterocycles. The highest BCUT2D eigenvalue weighted by Gasteiger charge is 2.22. The van der Waals surface area contributed by atoms with E-state index in [1.165, 1.54) is 0 Å². The predicted octanol–water partition coefficient (Wildman–Crippen LogP) is 2.39. The van der Waals surface area contributed by atoms with Crippen molar-refractivity contribution in [2.75, 3.05) is 36.5 Å². The van der Waals surface area contributed by atoms with Crippen molar-refractivity contribution in [3.63, 3.8) is 0 Å². The molecular weight excluding hydrogens is 306 g/mol. The van der Waals surface area contributed by atoms with E-state index in [1.807, 2.05) is 25.7 Å². The van der Waals surface area contributed by atoms with E-state index in [0.29, 0.717) is 29.6 Å². The van der Waals surface area contributed by atoms with Crippen molar-refractivity contribution < 1.29 is 9.53 Å². The molecule has 0 aromatic carbocycles. The number of carbonyl (C=O) groups is 1. The van der Waals surface area contributed by atoms with Gasteiger partial charge in [0.15, 0.2) is 0 Å². The van der Waals surface area contributed by atoms with Gasteiger partial charge in [0.1, 0.15) is 5.69 Å². The molecule has 0 aliphatic heterocycles. The number of aromatic nitrogens is 3. The van der Waals surface area contributed by atoms with Crippen LogP contribution in [0.3, 0.4) is 0 Å². The molecule has 0 spiro atoms. The largest absolute Gasteiger partial charge is 0.479 e. The molecule has 0 saturated carbocycles. The number of nitrogens with zero attached hydrogens (tertiary/aromatic N) is 5. The van der Waals surface area contributed by atoms with Gasteiger partial charge in [-0.25, -0.2) is 4.98 Å². The van der Waals surface area contributed by atoms with Gasteiger partial charge in [-0.3, -0.25) is 9.78 Å². The van der Waals surface area contributed by atoms with Crippen molar-refractivity contribution in [1.29, 1.82) is 0 Å². The first-order valence-corrected chi connectivity index (χ1v) is 8.04. The summed E-state index contributed by atoms with van der Waals surface area (Å²) in [5.74, 6) is 0.835. The Balaban J connectivity index is 2.39. The number of methoxy groups -OCH3 is 1. The molecule has 2 rings (SSSR count). The van der Waals surface area contributed by atoms with Gasteiger partial charge < -0.3 is 14.5 Å². The number of rotatable bonds is 7. The first kappa shape index (κ1) is 17.7. The third-order valence-corrected chi connectivity index (χ3v) is 3.74. The van der Waals surface area contributed by atoms with Gasteiger partial charge in [0.05, 0.1) is 13.3 Å².